The Balaban J connectivity index is 0.724. The highest BCUT2D eigenvalue weighted by atomic mass is 32.2. The molecule has 0 bridgehead atoms. The van der Waals surface area contributed by atoms with Gasteiger partial charge < -0.3 is 19.3 Å². The van der Waals surface area contributed by atoms with Crippen molar-refractivity contribution in [1.29, 1.82) is 0 Å². The van der Waals surface area contributed by atoms with Gasteiger partial charge in [-0.1, -0.05) is 269 Å². The number of hydrogen-bond acceptors (Lipinski definition) is 6. The van der Waals surface area contributed by atoms with Crippen molar-refractivity contribution in [2.45, 2.75) is 47.3 Å². The fourth-order valence-corrected chi connectivity index (χ4v) is 19.1. The Morgan fingerprint density at radius 3 is 0.837 bits per heavy atom. The first-order valence-corrected chi connectivity index (χ1v) is 38.6. The van der Waals surface area contributed by atoms with E-state index in [0.717, 1.165) is 96.0 Å². The number of benzene rings is 14. The van der Waals surface area contributed by atoms with E-state index in [9.17, 15) is 0 Å². The molecule has 2 aliphatic heterocycles. The minimum Gasteiger partial charge on any atom is -0.380 e. The Labute approximate surface area is 620 Å². The number of rotatable bonds is 21. The summed E-state index contributed by atoms with van der Waals surface area (Å²) in [5.41, 5.74) is 27.9. The average Bonchev–Trinajstić information content (AvgIpc) is 1.53. The Morgan fingerprint density at radius 1 is 0.260 bits per heavy atom. The third kappa shape index (κ3) is 11.4. The molecule has 0 radical (unpaired) electrons. The van der Waals surface area contributed by atoms with Gasteiger partial charge in [-0.25, -0.2) is 0 Å². The third-order valence-corrected chi connectivity index (χ3v) is 25.6. The summed E-state index contributed by atoms with van der Waals surface area (Å²) >= 11 is 3.91. The first kappa shape index (κ1) is 65.3. The maximum Gasteiger partial charge on any atom is 0.0714 e. The molecule has 0 amide bonds. The smallest absolute Gasteiger partial charge is 0.0714 e. The van der Waals surface area contributed by atoms with Crippen LogP contribution in [0.3, 0.4) is 0 Å². The molecule has 0 N–H and O–H groups in total. The lowest BCUT2D eigenvalue weighted by molar-refractivity contribution is -0.0994. The summed E-state index contributed by atoms with van der Waals surface area (Å²) in [6.07, 6.45) is 2.26. The summed E-state index contributed by atoms with van der Waals surface area (Å²) in [5, 5.41) is 0. The normalized spacial score (nSPS) is 17.0. The molecule has 4 aliphatic rings. The van der Waals surface area contributed by atoms with Gasteiger partial charge in [-0.05, 0) is 210 Å². The molecular weight excluding hydrogens is 1300 g/mol. The highest BCUT2D eigenvalue weighted by Crippen LogP contribution is 2.60. The fourth-order valence-electron chi connectivity index (χ4n) is 16.8. The van der Waals surface area contributed by atoms with Crippen molar-refractivity contribution in [3.8, 4) is 55.6 Å². The quantitative estimate of drug-likeness (QED) is 0.0665. The Kier molecular flexibility index (Phi) is 17.3. The molecule has 2 fully saturated rings. The molecule has 2 saturated heterocycles. The lowest BCUT2D eigenvalue weighted by Gasteiger charge is -2.40. The van der Waals surface area contributed by atoms with Crippen molar-refractivity contribution >= 4 is 57.6 Å². The van der Waals surface area contributed by atoms with E-state index in [1.54, 1.807) is 0 Å². The molecule has 2 atom stereocenters. The number of thioether (sulfide) groups is 2. The van der Waals surface area contributed by atoms with Crippen LogP contribution in [0.2, 0.25) is 0 Å². The predicted octanol–water partition coefficient (Wildman–Crippen LogP) is 25.4. The van der Waals surface area contributed by atoms with Gasteiger partial charge in [0.1, 0.15) is 0 Å². The molecule has 1 unspecified atom stereocenters. The van der Waals surface area contributed by atoms with Gasteiger partial charge in [-0.15, -0.1) is 23.5 Å². The summed E-state index contributed by atoms with van der Waals surface area (Å²) in [6.45, 7) is 7.98. The van der Waals surface area contributed by atoms with Crippen molar-refractivity contribution in [3.05, 3.63) is 396 Å². The zero-order valence-corrected chi connectivity index (χ0v) is 60.3. The van der Waals surface area contributed by atoms with Crippen LogP contribution in [0.1, 0.15) is 71.2 Å². The second-order valence-electron chi connectivity index (χ2n) is 28.7. The van der Waals surface area contributed by atoms with Crippen LogP contribution in [0.4, 0.5) is 34.1 Å². The fraction of sp³-hybridized carbons (Fsp3) is 0.143. The molecular formula is C98H80N2O2S2. The topological polar surface area (TPSA) is 24.9 Å². The first-order valence-electron chi connectivity index (χ1n) is 36.7. The average molecular weight is 1380 g/mol. The van der Waals surface area contributed by atoms with Gasteiger partial charge in [0.05, 0.1) is 37.3 Å². The molecule has 0 saturated carbocycles. The van der Waals surface area contributed by atoms with Crippen molar-refractivity contribution in [2.24, 2.45) is 10.8 Å². The minimum atomic E-state index is -0.589. The van der Waals surface area contributed by atoms with Gasteiger partial charge in [0.15, 0.2) is 0 Å². The minimum absolute atomic E-state index is 0.256. The van der Waals surface area contributed by atoms with Crippen LogP contribution in [-0.2, 0) is 20.3 Å². The second kappa shape index (κ2) is 27.5. The molecule has 14 aromatic carbocycles. The van der Waals surface area contributed by atoms with Gasteiger partial charge in [0, 0.05) is 66.3 Å². The number of anilines is 6. The highest BCUT2D eigenvalue weighted by molar-refractivity contribution is 7.99. The SMILES string of the molecule is CCC1(CSc2ccc(C3(c4ccccc4)c4ccccc4-c4ccc(N(c5ccc(-c6ccccc6)cc5)c5ccc(-c6ccc(N(c7ccc(-c8ccccc8)cc7)c7ccc8c(c7)[C@@](c7ccccc7)(c7ccc(SCC9(CC)COC9)cc7)c7ccccc7-8)cc6)cc5)cc43)cc2)COC1. The van der Waals surface area contributed by atoms with Gasteiger partial charge in [-0.3, -0.25) is 0 Å². The predicted molar refractivity (Wildman–Crippen MR) is 435 cm³/mol. The zero-order chi connectivity index (χ0) is 69.7. The van der Waals surface area contributed by atoms with Crippen molar-refractivity contribution in [1.82, 2.24) is 0 Å². The molecule has 4 nitrogen and oxygen atoms in total. The van der Waals surface area contributed by atoms with Crippen LogP contribution in [-0.4, -0.2) is 37.9 Å². The van der Waals surface area contributed by atoms with Crippen LogP contribution < -0.4 is 9.80 Å². The number of hydrogen-bond donors (Lipinski definition) is 0. The van der Waals surface area contributed by atoms with Crippen LogP contribution in [0.5, 0.6) is 0 Å². The van der Waals surface area contributed by atoms with Gasteiger partial charge in [0.2, 0.25) is 0 Å². The molecule has 0 aromatic heterocycles. The molecule has 18 rings (SSSR count). The van der Waals surface area contributed by atoms with Crippen LogP contribution in [0.25, 0.3) is 55.6 Å². The van der Waals surface area contributed by atoms with Gasteiger partial charge in [-0.2, -0.15) is 0 Å². The number of fused-ring (bicyclic) bond motifs is 6. The molecule has 2 heterocycles. The lowest BCUT2D eigenvalue weighted by atomic mass is 9.67. The summed E-state index contributed by atoms with van der Waals surface area (Å²) in [4.78, 5) is 7.46. The van der Waals surface area contributed by atoms with Crippen molar-refractivity contribution in [3.63, 3.8) is 0 Å². The number of ether oxygens (including phenoxy) is 2. The third-order valence-electron chi connectivity index (χ3n) is 22.8. The van der Waals surface area contributed by atoms with E-state index >= 15 is 0 Å². The Bertz CT molecular complexity index is 5020. The van der Waals surface area contributed by atoms with Crippen LogP contribution in [0.15, 0.2) is 362 Å². The number of nitrogens with zero attached hydrogens (tertiary/aromatic N) is 2. The van der Waals surface area contributed by atoms with Crippen LogP contribution in [0, 0.1) is 10.8 Å². The first-order chi connectivity index (χ1) is 51.3. The maximum atomic E-state index is 5.74. The van der Waals surface area contributed by atoms with E-state index in [1.807, 2.05) is 23.5 Å². The van der Waals surface area contributed by atoms with Crippen LogP contribution >= 0.6 is 23.5 Å². The maximum absolute atomic E-state index is 5.74. The second-order valence-corrected chi connectivity index (χ2v) is 30.8. The molecule has 2 aliphatic carbocycles. The lowest BCUT2D eigenvalue weighted by Crippen LogP contribution is -2.44. The molecule has 104 heavy (non-hydrogen) atoms. The zero-order valence-electron chi connectivity index (χ0n) is 58.7. The standard InChI is InChI=1S/C98H80N2O2S2/c1-3-95(63-101-64-95)67-103-85-55-41-77(42-56-85)97(75-25-13-7-14-26-75)91-31-19-17-29-87(91)89-59-53-83(61-93(89)97)99(79-45-33-71(34-46-79)69-21-9-5-10-22-69)81-49-37-73(38-50-81)74-39-51-82(52-40-74)100(80-47-35-72(36-48-80)70-23-11-6-12-24-70)84-54-60-90-88-30-18-20-32-92(88)98(94(90)62-84,76-27-15-8-16-28-76)78-43-57-86(58-44-78)104-68-96(4-2)65-102-66-96/h5-62H,3-4,63-68H2,1-2H3/t97-,98?/m0/s1. The van der Waals surface area contributed by atoms with Crippen molar-refractivity contribution < 1.29 is 9.47 Å². The van der Waals surface area contributed by atoms with Gasteiger partial charge in [0.25, 0.3) is 0 Å². The van der Waals surface area contributed by atoms with E-state index in [1.165, 1.54) is 98.8 Å². The summed E-state index contributed by atoms with van der Waals surface area (Å²) in [6, 6.07) is 132. The molecule has 6 heteroatoms. The summed E-state index contributed by atoms with van der Waals surface area (Å²) in [5.74, 6) is 2.11. The summed E-state index contributed by atoms with van der Waals surface area (Å²) < 4.78 is 11.5. The van der Waals surface area contributed by atoms with E-state index < -0.39 is 10.8 Å². The largest absolute Gasteiger partial charge is 0.380 e. The monoisotopic (exact) mass is 1380 g/mol. The molecule has 14 aromatic rings. The summed E-state index contributed by atoms with van der Waals surface area (Å²) in [7, 11) is 0. The molecule has 0 spiro atoms. The highest BCUT2D eigenvalue weighted by Gasteiger charge is 2.49. The Morgan fingerprint density at radius 2 is 0.529 bits per heavy atom. The molecule has 506 valence electrons. The van der Waals surface area contributed by atoms with Gasteiger partial charge >= 0.3 is 0 Å². The van der Waals surface area contributed by atoms with E-state index in [0.29, 0.717) is 0 Å². The van der Waals surface area contributed by atoms with Crippen molar-refractivity contribution in [2.75, 3.05) is 47.7 Å². The van der Waals surface area contributed by atoms with E-state index in [2.05, 4.69) is 375 Å². The van der Waals surface area contributed by atoms with E-state index in [-0.39, 0.29) is 10.8 Å². The van der Waals surface area contributed by atoms with E-state index in [4.69, 9.17) is 9.47 Å². The Hall–Kier alpha value is -10.7.